The van der Waals surface area contributed by atoms with Gasteiger partial charge in [0.1, 0.15) is 18.1 Å². The zero-order valence-corrected chi connectivity index (χ0v) is 11.7. The van der Waals surface area contributed by atoms with Crippen LogP contribution in [0.25, 0.3) is 0 Å². The van der Waals surface area contributed by atoms with Crippen LogP contribution >= 0.6 is 15.9 Å². The lowest BCUT2D eigenvalue weighted by Gasteiger charge is -2.09. The number of anilines is 1. The zero-order chi connectivity index (χ0) is 14.7. The molecule has 1 aromatic carbocycles. The topological polar surface area (TPSA) is 71.3 Å². The number of nitrogens with zero attached hydrogens (tertiary/aromatic N) is 1. The SMILES string of the molecule is O=C(O)Cn1cccc1C(=O)Nc1ccc(Br)cc1F. The van der Waals surface area contributed by atoms with Crippen molar-refractivity contribution in [3.63, 3.8) is 0 Å². The van der Waals surface area contributed by atoms with Gasteiger partial charge in [-0.3, -0.25) is 9.59 Å². The molecule has 0 aliphatic rings. The van der Waals surface area contributed by atoms with E-state index in [1.807, 2.05) is 0 Å². The maximum atomic E-state index is 13.6. The average molecular weight is 341 g/mol. The number of hydrogen-bond acceptors (Lipinski definition) is 2. The molecule has 0 spiro atoms. The summed E-state index contributed by atoms with van der Waals surface area (Å²) in [5, 5.41) is 11.1. The van der Waals surface area contributed by atoms with E-state index in [1.54, 1.807) is 12.1 Å². The maximum Gasteiger partial charge on any atom is 0.323 e. The summed E-state index contributed by atoms with van der Waals surface area (Å²) in [7, 11) is 0. The van der Waals surface area contributed by atoms with Crippen molar-refractivity contribution in [2.75, 3.05) is 5.32 Å². The fourth-order valence-electron chi connectivity index (χ4n) is 1.68. The van der Waals surface area contributed by atoms with E-state index in [4.69, 9.17) is 5.11 Å². The number of carbonyl (C=O) groups excluding carboxylic acids is 1. The number of carboxylic acid groups (broad SMARTS) is 1. The number of rotatable bonds is 4. The quantitative estimate of drug-likeness (QED) is 0.898. The minimum atomic E-state index is -1.06. The van der Waals surface area contributed by atoms with E-state index in [0.29, 0.717) is 4.47 Å². The molecule has 5 nitrogen and oxygen atoms in total. The first-order chi connectivity index (χ1) is 9.47. The third kappa shape index (κ3) is 3.24. The number of nitrogens with one attached hydrogen (secondary N) is 1. The number of aromatic nitrogens is 1. The Labute approximate surface area is 122 Å². The van der Waals surface area contributed by atoms with Gasteiger partial charge < -0.3 is 15.0 Å². The molecule has 7 heteroatoms. The number of carbonyl (C=O) groups is 2. The van der Waals surface area contributed by atoms with Gasteiger partial charge in [0, 0.05) is 10.7 Å². The van der Waals surface area contributed by atoms with Crippen LogP contribution in [0.5, 0.6) is 0 Å². The van der Waals surface area contributed by atoms with E-state index in [1.165, 1.54) is 29.0 Å². The molecular formula is C13H10BrFN2O3. The van der Waals surface area contributed by atoms with E-state index in [2.05, 4.69) is 21.2 Å². The highest BCUT2D eigenvalue weighted by atomic mass is 79.9. The molecule has 0 radical (unpaired) electrons. The Morgan fingerprint density at radius 2 is 2.10 bits per heavy atom. The smallest absolute Gasteiger partial charge is 0.323 e. The maximum absolute atomic E-state index is 13.6. The minimum Gasteiger partial charge on any atom is -0.480 e. The van der Waals surface area contributed by atoms with Gasteiger partial charge in [0.2, 0.25) is 0 Å². The Hall–Kier alpha value is -2.15. The first-order valence-electron chi connectivity index (χ1n) is 5.60. The molecule has 1 amide bonds. The van der Waals surface area contributed by atoms with Gasteiger partial charge in [-0.25, -0.2) is 4.39 Å². The van der Waals surface area contributed by atoms with Crippen molar-refractivity contribution in [2.24, 2.45) is 0 Å². The van der Waals surface area contributed by atoms with Gasteiger partial charge in [-0.1, -0.05) is 15.9 Å². The number of halogens is 2. The van der Waals surface area contributed by atoms with Gasteiger partial charge in [-0.2, -0.15) is 0 Å². The molecule has 0 aliphatic heterocycles. The van der Waals surface area contributed by atoms with Crippen LogP contribution in [0.15, 0.2) is 41.0 Å². The second-order valence-corrected chi connectivity index (χ2v) is 4.91. The van der Waals surface area contributed by atoms with Gasteiger partial charge in [-0.15, -0.1) is 0 Å². The standard InChI is InChI=1S/C13H10BrFN2O3/c14-8-3-4-10(9(15)6-8)16-13(20)11-2-1-5-17(11)7-12(18)19/h1-6H,7H2,(H,16,20)(H,18,19). The Bertz CT molecular complexity index is 669. The Morgan fingerprint density at radius 3 is 2.75 bits per heavy atom. The van der Waals surface area contributed by atoms with Gasteiger partial charge in [0.25, 0.3) is 5.91 Å². The summed E-state index contributed by atoms with van der Waals surface area (Å²) in [5.41, 5.74) is 0.177. The number of hydrogen-bond donors (Lipinski definition) is 2. The molecule has 0 bridgehead atoms. The molecule has 0 fully saturated rings. The second kappa shape index (κ2) is 5.87. The van der Waals surface area contributed by atoms with E-state index in [-0.39, 0.29) is 17.9 Å². The lowest BCUT2D eigenvalue weighted by atomic mass is 10.3. The molecule has 0 saturated carbocycles. The highest BCUT2D eigenvalue weighted by molar-refractivity contribution is 9.10. The third-order valence-electron chi connectivity index (χ3n) is 2.55. The molecule has 20 heavy (non-hydrogen) atoms. The molecular weight excluding hydrogens is 331 g/mol. The molecule has 1 heterocycles. The van der Waals surface area contributed by atoms with Crippen LogP contribution in [-0.4, -0.2) is 21.6 Å². The summed E-state index contributed by atoms with van der Waals surface area (Å²) in [4.78, 5) is 22.7. The van der Waals surface area contributed by atoms with Crippen LogP contribution in [0.1, 0.15) is 10.5 Å². The predicted octanol–water partition coefficient (Wildman–Crippen LogP) is 2.73. The van der Waals surface area contributed by atoms with Crippen LogP contribution in [-0.2, 0) is 11.3 Å². The van der Waals surface area contributed by atoms with Crippen molar-refractivity contribution in [3.05, 3.63) is 52.5 Å². The molecule has 2 aromatic rings. The van der Waals surface area contributed by atoms with Crippen molar-refractivity contribution < 1.29 is 19.1 Å². The van der Waals surface area contributed by atoms with E-state index >= 15 is 0 Å². The Balaban J connectivity index is 2.20. The summed E-state index contributed by atoms with van der Waals surface area (Å²) < 4.78 is 15.4. The van der Waals surface area contributed by atoms with E-state index in [9.17, 15) is 14.0 Å². The van der Waals surface area contributed by atoms with Crippen LogP contribution < -0.4 is 5.32 Å². The molecule has 0 saturated heterocycles. The number of aliphatic carboxylic acids is 1. The van der Waals surface area contributed by atoms with Crippen LogP contribution in [0.3, 0.4) is 0 Å². The lowest BCUT2D eigenvalue weighted by molar-refractivity contribution is -0.137. The third-order valence-corrected chi connectivity index (χ3v) is 3.04. The summed E-state index contributed by atoms with van der Waals surface area (Å²) in [6.07, 6.45) is 1.47. The number of carboxylic acids is 1. The van der Waals surface area contributed by atoms with Gasteiger partial charge in [0.15, 0.2) is 0 Å². The zero-order valence-electron chi connectivity index (χ0n) is 10.1. The predicted molar refractivity (Wildman–Crippen MR) is 74.1 cm³/mol. The summed E-state index contributed by atoms with van der Waals surface area (Å²) in [6.45, 7) is -0.335. The Kier molecular flexibility index (Phi) is 4.19. The molecule has 2 N–H and O–H groups in total. The molecule has 104 valence electrons. The highest BCUT2D eigenvalue weighted by Crippen LogP contribution is 2.20. The minimum absolute atomic E-state index is 0.0290. The Morgan fingerprint density at radius 1 is 1.35 bits per heavy atom. The fraction of sp³-hybridized carbons (Fsp3) is 0.0769. The number of benzene rings is 1. The summed E-state index contributed by atoms with van der Waals surface area (Å²) in [6, 6.07) is 7.26. The van der Waals surface area contributed by atoms with Gasteiger partial charge >= 0.3 is 5.97 Å². The van der Waals surface area contributed by atoms with Crippen LogP contribution in [0.4, 0.5) is 10.1 Å². The average Bonchev–Trinajstić information content (AvgIpc) is 2.80. The number of amides is 1. The molecule has 0 unspecified atom stereocenters. The van der Waals surface area contributed by atoms with Crippen molar-refractivity contribution in [2.45, 2.75) is 6.54 Å². The molecule has 2 rings (SSSR count). The fourth-order valence-corrected chi connectivity index (χ4v) is 2.01. The monoisotopic (exact) mass is 340 g/mol. The first-order valence-corrected chi connectivity index (χ1v) is 6.40. The normalized spacial score (nSPS) is 10.3. The van der Waals surface area contributed by atoms with Gasteiger partial charge in [0.05, 0.1) is 5.69 Å². The first kappa shape index (κ1) is 14.3. The largest absolute Gasteiger partial charge is 0.480 e. The molecule has 1 aromatic heterocycles. The summed E-state index contributed by atoms with van der Waals surface area (Å²) >= 11 is 3.12. The second-order valence-electron chi connectivity index (χ2n) is 3.99. The summed E-state index contributed by atoms with van der Waals surface area (Å²) in [5.74, 6) is -2.22. The van der Waals surface area contributed by atoms with Crippen molar-refractivity contribution in [3.8, 4) is 0 Å². The lowest BCUT2D eigenvalue weighted by Crippen LogP contribution is -2.19. The van der Waals surface area contributed by atoms with E-state index < -0.39 is 17.7 Å². The van der Waals surface area contributed by atoms with Crippen LogP contribution in [0.2, 0.25) is 0 Å². The van der Waals surface area contributed by atoms with E-state index in [0.717, 1.165) is 0 Å². The van der Waals surface area contributed by atoms with Crippen molar-refractivity contribution in [1.82, 2.24) is 4.57 Å². The van der Waals surface area contributed by atoms with Crippen molar-refractivity contribution >= 4 is 33.5 Å². The molecule has 0 atom stereocenters. The van der Waals surface area contributed by atoms with Crippen molar-refractivity contribution in [1.29, 1.82) is 0 Å². The highest BCUT2D eigenvalue weighted by Gasteiger charge is 2.14. The molecule has 0 aliphatic carbocycles. The van der Waals surface area contributed by atoms with Crippen LogP contribution in [0, 0.1) is 5.82 Å². The van der Waals surface area contributed by atoms with Gasteiger partial charge in [-0.05, 0) is 30.3 Å².